The molecule has 1 heterocycles. The summed E-state index contributed by atoms with van der Waals surface area (Å²) < 4.78 is 5.75. The highest BCUT2D eigenvalue weighted by atomic mass is 79.9. The molecule has 1 aliphatic carbocycles. The van der Waals surface area contributed by atoms with Gasteiger partial charge in [-0.05, 0) is 71.2 Å². The van der Waals surface area contributed by atoms with Crippen molar-refractivity contribution in [2.24, 2.45) is 11.8 Å². The monoisotopic (exact) mass is 516 g/mol. The molecule has 3 amide bonds. The predicted octanol–water partition coefficient (Wildman–Crippen LogP) is 4.35. The fourth-order valence-electron chi connectivity index (χ4n) is 3.79. The smallest absolute Gasteiger partial charge is 0.338 e. The number of imide groups is 1. The molecule has 0 spiro atoms. The number of halogens is 2. The van der Waals surface area contributed by atoms with Crippen molar-refractivity contribution in [3.05, 3.63) is 69.7 Å². The van der Waals surface area contributed by atoms with Gasteiger partial charge in [-0.15, -0.1) is 0 Å². The third-order valence-corrected chi connectivity index (χ3v) is 6.64. The van der Waals surface area contributed by atoms with Crippen LogP contribution < -0.4 is 10.2 Å². The van der Waals surface area contributed by atoms with E-state index in [2.05, 4.69) is 21.2 Å². The van der Waals surface area contributed by atoms with E-state index in [1.54, 1.807) is 18.2 Å². The van der Waals surface area contributed by atoms with E-state index < -0.39 is 18.5 Å². The van der Waals surface area contributed by atoms with Gasteiger partial charge >= 0.3 is 5.97 Å². The summed E-state index contributed by atoms with van der Waals surface area (Å²) in [6, 6.07) is 10.9. The minimum absolute atomic E-state index is 0.200. The van der Waals surface area contributed by atoms with Crippen LogP contribution in [0, 0.1) is 11.8 Å². The van der Waals surface area contributed by atoms with E-state index in [-0.39, 0.29) is 29.2 Å². The fourth-order valence-corrected chi connectivity index (χ4v) is 4.21. The average Bonchev–Trinajstić information content (AvgIpc) is 3.05. The van der Waals surface area contributed by atoms with Crippen LogP contribution in [0.15, 0.2) is 59.1 Å². The van der Waals surface area contributed by atoms with Crippen LogP contribution in [-0.2, 0) is 19.1 Å². The van der Waals surface area contributed by atoms with Gasteiger partial charge in [0.15, 0.2) is 6.61 Å². The Kier molecular flexibility index (Phi) is 6.43. The second-order valence-electron chi connectivity index (χ2n) is 7.47. The van der Waals surface area contributed by atoms with Gasteiger partial charge in [0.25, 0.3) is 5.91 Å². The Balaban J connectivity index is 1.35. The molecule has 1 aliphatic heterocycles. The zero-order valence-electron chi connectivity index (χ0n) is 16.7. The van der Waals surface area contributed by atoms with Crippen LogP contribution in [0.3, 0.4) is 0 Å². The lowest BCUT2D eigenvalue weighted by molar-refractivity contribution is -0.122. The maximum Gasteiger partial charge on any atom is 0.338 e. The molecule has 2 aromatic carbocycles. The normalized spacial score (nSPS) is 19.6. The quantitative estimate of drug-likeness (QED) is 0.362. The zero-order chi connectivity index (χ0) is 22.8. The Morgan fingerprint density at radius 3 is 2.25 bits per heavy atom. The van der Waals surface area contributed by atoms with Gasteiger partial charge in [-0.25, -0.2) is 4.79 Å². The van der Waals surface area contributed by atoms with Crippen LogP contribution in [0.5, 0.6) is 0 Å². The van der Waals surface area contributed by atoms with Crippen molar-refractivity contribution in [3.63, 3.8) is 0 Å². The second kappa shape index (κ2) is 9.26. The fraction of sp³-hybridized carbons (Fsp3) is 0.217. The van der Waals surface area contributed by atoms with Crippen LogP contribution in [-0.4, -0.2) is 30.3 Å². The van der Waals surface area contributed by atoms with E-state index in [0.717, 1.165) is 0 Å². The van der Waals surface area contributed by atoms with Crippen molar-refractivity contribution < 1.29 is 23.9 Å². The topological polar surface area (TPSA) is 92.8 Å². The first-order chi connectivity index (χ1) is 15.3. The third kappa shape index (κ3) is 4.47. The highest BCUT2D eigenvalue weighted by Gasteiger charge is 2.47. The number of anilines is 2. The van der Waals surface area contributed by atoms with Crippen molar-refractivity contribution in [1.82, 2.24) is 0 Å². The Bertz CT molecular complexity index is 1110. The average molecular weight is 518 g/mol. The molecule has 0 radical (unpaired) electrons. The maximum atomic E-state index is 12.7. The molecule has 7 nitrogen and oxygen atoms in total. The molecule has 4 rings (SSSR count). The number of esters is 1. The molecule has 0 bridgehead atoms. The van der Waals surface area contributed by atoms with Crippen molar-refractivity contribution in [3.8, 4) is 0 Å². The van der Waals surface area contributed by atoms with Crippen molar-refractivity contribution in [1.29, 1.82) is 0 Å². The van der Waals surface area contributed by atoms with E-state index in [4.69, 9.17) is 16.3 Å². The summed E-state index contributed by atoms with van der Waals surface area (Å²) in [5, 5.41) is 3.02. The van der Waals surface area contributed by atoms with Gasteiger partial charge in [-0.2, -0.15) is 0 Å². The number of rotatable bonds is 5. The number of hydrogen-bond donors (Lipinski definition) is 1. The van der Waals surface area contributed by atoms with Crippen molar-refractivity contribution in [2.75, 3.05) is 16.8 Å². The van der Waals surface area contributed by atoms with Crippen molar-refractivity contribution in [2.45, 2.75) is 12.8 Å². The van der Waals surface area contributed by atoms with Crippen LogP contribution >= 0.6 is 27.5 Å². The Hall–Kier alpha value is -2.97. The number of nitrogens with zero attached hydrogens (tertiary/aromatic N) is 1. The third-order valence-electron chi connectivity index (χ3n) is 5.41. The van der Waals surface area contributed by atoms with E-state index in [1.807, 2.05) is 12.2 Å². The summed E-state index contributed by atoms with van der Waals surface area (Å²) in [7, 11) is 0. The van der Waals surface area contributed by atoms with Crippen LogP contribution in [0.4, 0.5) is 11.4 Å². The Morgan fingerprint density at radius 1 is 1.03 bits per heavy atom. The highest BCUT2D eigenvalue weighted by molar-refractivity contribution is 9.10. The lowest BCUT2D eigenvalue weighted by Gasteiger charge is -2.15. The summed E-state index contributed by atoms with van der Waals surface area (Å²) >= 11 is 9.25. The van der Waals surface area contributed by atoms with Gasteiger partial charge in [0.1, 0.15) is 0 Å². The Labute approximate surface area is 197 Å². The minimum Gasteiger partial charge on any atom is -0.452 e. The summed E-state index contributed by atoms with van der Waals surface area (Å²) in [4.78, 5) is 50.8. The van der Waals surface area contributed by atoms with Crippen LogP contribution in [0.2, 0.25) is 5.02 Å². The standard InChI is InChI=1S/C23H18BrClN2O5/c24-18-10-7-14(11-19(18)25)26-20(28)12-32-23(31)13-5-8-15(9-6-13)27-21(29)16-3-1-2-4-17(16)22(27)30/h1-2,5-11,16-17H,3-4,12H2,(H,26,28)/t16-,17-/m1/s1. The highest BCUT2D eigenvalue weighted by Crippen LogP contribution is 2.37. The molecule has 1 N–H and O–H groups in total. The number of ether oxygens (including phenoxy) is 1. The molecular formula is C23H18BrClN2O5. The second-order valence-corrected chi connectivity index (χ2v) is 8.73. The first-order valence-electron chi connectivity index (χ1n) is 9.90. The number of fused-ring (bicyclic) bond motifs is 1. The maximum absolute atomic E-state index is 12.7. The van der Waals surface area contributed by atoms with Gasteiger partial charge in [0.05, 0.1) is 28.1 Å². The first kappa shape index (κ1) is 22.2. The molecule has 164 valence electrons. The Morgan fingerprint density at radius 2 is 1.66 bits per heavy atom. The summed E-state index contributed by atoms with van der Waals surface area (Å²) in [5.41, 5.74) is 1.08. The van der Waals surface area contributed by atoms with E-state index >= 15 is 0 Å². The van der Waals surface area contributed by atoms with Crippen LogP contribution in [0.1, 0.15) is 23.2 Å². The van der Waals surface area contributed by atoms with E-state index in [1.165, 1.54) is 29.2 Å². The number of carbonyl (C=O) groups is 4. The largest absolute Gasteiger partial charge is 0.452 e. The van der Waals surface area contributed by atoms with E-state index in [0.29, 0.717) is 33.7 Å². The number of carbonyl (C=O) groups excluding carboxylic acids is 4. The molecule has 1 fully saturated rings. The lowest BCUT2D eigenvalue weighted by atomic mass is 9.85. The van der Waals surface area contributed by atoms with Gasteiger partial charge in [0.2, 0.25) is 11.8 Å². The van der Waals surface area contributed by atoms with Gasteiger partial charge in [0, 0.05) is 10.2 Å². The number of allylic oxidation sites excluding steroid dienone is 2. The molecule has 2 aromatic rings. The van der Waals surface area contributed by atoms with Crippen LogP contribution in [0.25, 0.3) is 0 Å². The number of benzene rings is 2. The lowest BCUT2D eigenvalue weighted by Crippen LogP contribution is -2.30. The molecule has 9 heteroatoms. The molecule has 0 unspecified atom stereocenters. The van der Waals surface area contributed by atoms with Crippen molar-refractivity contribution >= 4 is 62.6 Å². The minimum atomic E-state index is -0.697. The van der Waals surface area contributed by atoms with Gasteiger partial charge in [-0.1, -0.05) is 23.8 Å². The molecule has 1 saturated heterocycles. The molecule has 2 atom stereocenters. The number of amides is 3. The molecule has 2 aliphatic rings. The summed E-state index contributed by atoms with van der Waals surface area (Å²) in [5.74, 6) is -2.29. The molecule has 0 saturated carbocycles. The molecular weight excluding hydrogens is 500 g/mol. The SMILES string of the molecule is O=C(COC(=O)c1ccc(N2C(=O)[C@@H]3CC=CC[C@H]3C2=O)cc1)Nc1ccc(Br)c(Cl)c1. The first-order valence-corrected chi connectivity index (χ1v) is 11.1. The molecule has 32 heavy (non-hydrogen) atoms. The zero-order valence-corrected chi connectivity index (χ0v) is 19.1. The summed E-state index contributed by atoms with van der Waals surface area (Å²) in [6.45, 7) is -0.478. The number of nitrogens with one attached hydrogen (secondary N) is 1. The molecule has 0 aromatic heterocycles. The van der Waals surface area contributed by atoms with E-state index in [9.17, 15) is 19.2 Å². The summed E-state index contributed by atoms with van der Waals surface area (Å²) in [6.07, 6.45) is 4.97. The van der Waals surface area contributed by atoms with Gasteiger partial charge < -0.3 is 10.1 Å². The number of hydrogen-bond acceptors (Lipinski definition) is 5. The van der Waals surface area contributed by atoms with Gasteiger partial charge in [-0.3, -0.25) is 19.3 Å². The predicted molar refractivity (Wildman–Crippen MR) is 122 cm³/mol.